The van der Waals surface area contributed by atoms with Crippen LogP contribution in [0.25, 0.3) is 11.1 Å². The van der Waals surface area contributed by atoms with Crippen molar-refractivity contribution in [2.24, 2.45) is 0 Å². The maximum absolute atomic E-state index is 12.6. The van der Waals surface area contributed by atoms with E-state index in [2.05, 4.69) is 15.5 Å². The third-order valence-electron chi connectivity index (χ3n) is 5.68. The number of benzene rings is 3. The molecule has 1 saturated heterocycles. The highest BCUT2D eigenvalue weighted by atomic mass is 32.2. The van der Waals surface area contributed by atoms with Crippen molar-refractivity contribution in [2.75, 3.05) is 42.7 Å². The van der Waals surface area contributed by atoms with Gasteiger partial charge in [0.1, 0.15) is 0 Å². The van der Waals surface area contributed by atoms with Gasteiger partial charge in [-0.1, -0.05) is 42.5 Å². The summed E-state index contributed by atoms with van der Waals surface area (Å²) in [4.78, 5) is 14.7. The summed E-state index contributed by atoms with van der Waals surface area (Å²) in [6.07, 6.45) is 1.24. The molecule has 1 amide bonds. The number of sulfonamides is 1. The van der Waals surface area contributed by atoms with E-state index in [-0.39, 0.29) is 11.0 Å². The average Bonchev–Trinajstić information content (AvgIpc) is 2.84. The van der Waals surface area contributed by atoms with E-state index in [1.807, 2.05) is 66.7 Å². The molecule has 1 aliphatic rings. The molecule has 3 aromatic rings. The number of amides is 1. The van der Waals surface area contributed by atoms with Crippen molar-refractivity contribution in [1.82, 2.24) is 9.62 Å². The molecule has 9 heteroatoms. The maximum Gasteiger partial charge on any atom is 0.257 e. The average molecular weight is 495 g/mol. The number of carbonyl (C=O) groups excluding carboxylic acids is 1. The highest BCUT2D eigenvalue weighted by Gasteiger charge is 2.23. The number of nitrogens with one attached hydrogen (secondary N) is 2. The van der Waals surface area contributed by atoms with Crippen LogP contribution in [0.1, 0.15) is 10.4 Å². The standard InChI is InChI=1S/C25H26N4O3S2/c1-34(31,32)29-17-15-28(16-18-29)23-13-11-22(12-14-23)26-25(33)27-24(30)21-9-7-20(8-10-21)19-5-3-2-4-6-19/h2-14H,15-18H2,1H3,(H2,26,27,30,33). The predicted octanol–water partition coefficient (Wildman–Crippen LogP) is 3.56. The maximum atomic E-state index is 12.6. The van der Waals surface area contributed by atoms with Crippen LogP contribution in [-0.2, 0) is 10.0 Å². The fraction of sp³-hybridized carbons (Fsp3) is 0.200. The molecule has 0 atom stereocenters. The number of piperazine rings is 1. The van der Waals surface area contributed by atoms with Gasteiger partial charge >= 0.3 is 0 Å². The van der Waals surface area contributed by atoms with E-state index in [9.17, 15) is 13.2 Å². The van der Waals surface area contributed by atoms with Crippen LogP contribution >= 0.6 is 12.2 Å². The Kier molecular flexibility index (Phi) is 7.26. The molecular weight excluding hydrogens is 468 g/mol. The van der Waals surface area contributed by atoms with Crippen LogP contribution in [-0.4, -0.2) is 56.2 Å². The van der Waals surface area contributed by atoms with Gasteiger partial charge in [-0.15, -0.1) is 0 Å². The van der Waals surface area contributed by atoms with Crippen LogP contribution < -0.4 is 15.5 Å². The van der Waals surface area contributed by atoms with Gasteiger partial charge in [-0.25, -0.2) is 8.42 Å². The Morgan fingerprint density at radius 1 is 0.824 bits per heavy atom. The van der Waals surface area contributed by atoms with Gasteiger partial charge in [-0.3, -0.25) is 10.1 Å². The van der Waals surface area contributed by atoms with Gasteiger partial charge in [-0.2, -0.15) is 4.31 Å². The van der Waals surface area contributed by atoms with Crippen molar-refractivity contribution in [3.63, 3.8) is 0 Å². The predicted molar refractivity (Wildman–Crippen MR) is 141 cm³/mol. The number of hydrogen-bond acceptors (Lipinski definition) is 5. The first-order chi connectivity index (χ1) is 16.3. The fourth-order valence-electron chi connectivity index (χ4n) is 3.82. The number of nitrogens with zero attached hydrogens (tertiary/aromatic N) is 2. The molecule has 4 rings (SSSR count). The van der Waals surface area contributed by atoms with Crippen LogP contribution in [0, 0.1) is 0 Å². The van der Waals surface area contributed by atoms with Crippen molar-refractivity contribution >= 4 is 44.6 Å². The van der Waals surface area contributed by atoms with Crippen LogP contribution in [0.15, 0.2) is 78.9 Å². The number of hydrogen-bond donors (Lipinski definition) is 2. The molecular formula is C25H26N4O3S2. The van der Waals surface area contributed by atoms with Crippen LogP contribution in [0.2, 0.25) is 0 Å². The fourth-order valence-corrected chi connectivity index (χ4v) is 4.85. The van der Waals surface area contributed by atoms with Gasteiger partial charge < -0.3 is 10.2 Å². The second kappa shape index (κ2) is 10.3. The first-order valence-corrected chi connectivity index (χ1v) is 13.1. The summed E-state index contributed by atoms with van der Waals surface area (Å²) < 4.78 is 24.8. The van der Waals surface area contributed by atoms with Crippen LogP contribution in [0.5, 0.6) is 0 Å². The summed E-state index contributed by atoms with van der Waals surface area (Å²) in [5.74, 6) is -0.280. The van der Waals surface area contributed by atoms with Gasteiger partial charge in [0.25, 0.3) is 5.91 Å². The Morgan fingerprint density at radius 3 is 2.00 bits per heavy atom. The molecule has 34 heavy (non-hydrogen) atoms. The van der Waals surface area contributed by atoms with E-state index >= 15 is 0 Å². The molecule has 0 radical (unpaired) electrons. The van der Waals surface area contributed by atoms with Gasteiger partial charge in [0.05, 0.1) is 6.26 Å². The normalized spacial score (nSPS) is 14.4. The minimum absolute atomic E-state index is 0.214. The topological polar surface area (TPSA) is 81.8 Å². The molecule has 0 aromatic heterocycles. The Balaban J connectivity index is 1.30. The van der Waals surface area contributed by atoms with Gasteiger partial charge in [0.2, 0.25) is 10.0 Å². The lowest BCUT2D eigenvalue weighted by atomic mass is 10.0. The SMILES string of the molecule is CS(=O)(=O)N1CCN(c2ccc(NC(=S)NC(=O)c3ccc(-c4ccccc4)cc3)cc2)CC1. The number of carbonyl (C=O) groups is 1. The zero-order chi connectivity index (χ0) is 24.1. The molecule has 0 unspecified atom stereocenters. The summed E-state index contributed by atoms with van der Waals surface area (Å²) in [7, 11) is -3.15. The van der Waals surface area contributed by atoms with Crippen LogP contribution in [0.4, 0.5) is 11.4 Å². The van der Waals surface area contributed by atoms with Crippen molar-refractivity contribution < 1.29 is 13.2 Å². The number of anilines is 2. The van der Waals surface area contributed by atoms with E-state index in [1.165, 1.54) is 10.6 Å². The van der Waals surface area contributed by atoms with E-state index in [0.29, 0.717) is 31.7 Å². The van der Waals surface area contributed by atoms with E-state index in [1.54, 1.807) is 12.1 Å². The first-order valence-electron chi connectivity index (χ1n) is 10.9. The molecule has 2 N–H and O–H groups in total. The highest BCUT2D eigenvalue weighted by Crippen LogP contribution is 2.21. The molecule has 3 aromatic carbocycles. The second-order valence-electron chi connectivity index (χ2n) is 8.05. The first kappa shape index (κ1) is 23.9. The lowest BCUT2D eigenvalue weighted by Crippen LogP contribution is -2.48. The van der Waals surface area contributed by atoms with Crippen molar-refractivity contribution in [2.45, 2.75) is 0 Å². The lowest BCUT2D eigenvalue weighted by Gasteiger charge is -2.34. The number of thiocarbonyl (C=S) groups is 1. The molecule has 1 aliphatic heterocycles. The van der Waals surface area contributed by atoms with E-state index in [0.717, 1.165) is 22.5 Å². The Bertz CT molecular complexity index is 1250. The molecule has 0 spiro atoms. The van der Waals surface area contributed by atoms with Gasteiger partial charge in [0, 0.05) is 43.1 Å². The quantitative estimate of drug-likeness (QED) is 0.528. The van der Waals surface area contributed by atoms with E-state index in [4.69, 9.17) is 12.2 Å². The molecule has 176 valence electrons. The Labute approximate surface area is 205 Å². The molecule has 0 bridgehead atoms. The van der Waals surface area contributed by atoms with Gasteiger partial charge in [-0.05, 0) is 59.7 Å². The molecule has 0 saturated carbocycles. The molecule has 0 aliphatic carbocycles. The second-order valence-corrected chi connectivity index (χ2v) is 10.4. The zero-order valence-corrected chi connectivity index (χ0v) is 20.4. The summed E-state index contributed by atoms with van der Waals surface area (Å²) in [6.45, 7) is 2.22. The Hall–Kier alpha value is -3.27. The number of rotatable bonds is 5. The lowest BCUT2D eigenvalue weighted by molar-refractivity contribution is 0.0977. The smallest absolute Gasteiger partial charge is 0.257 e. The third kappa shape index (κ3) is 5.99. The van der Waals surface area contributed by atoms with Gasteiger partial charge in [0.15, 0.2) is 5.11 Å². The molecule has 7 nitrogen and oxygen atoms in total. The largest absolute Gasteiger partial charge is 0.369 e. The minimum Gasteiger partial charge on any atom is -0.369 e. The molecule has 1 heterocycles. The molecule has 1 fully saturated rings. The summed E-state index contributed by atoms with van der Waals surface area (Å²) in [5, 5.41) is 5.95. The summed E-state index contributed by atoms with van der Waals surface area (Å²) >= 11 is 5.30. The van der Waals surface area contributed by atoms with Crippen LogP contribution in [0.3, 0.4) is 0 Å². The highest BCUT2D eigenvalue weighted by molar-refractivity contribution is 7.88. The van der Waals surface area contributed by atoms with E-state index < -0.39 is 10.0 Å². The zero-order valence-electron chi connectivity index (χ0n) is 18.8. The summed E-state index contributed by atoms with van der Waals surface area (Å²) in [6, 6.07) is 25.0. The Morgan fingerprint density at radius 2 is 1.41 bits per heavy atom. The third-order valence-corrected chi connectivity index (χ3v) is 7.19. The summed E-state index contributed by atoms with van der Waals surface area (Å²) in [5.41, 5.74) is 4.41. The monoisotopic (exact) mass is 494 g/mol. The minimum atomic E-state index is -3.15. The van der Waals surface area contributed by atoms with Crippen molar-refractivity contribution in [1.29, 1.82) is 0 Å². The van der Waals surface area contributed by atoms with Crippen molar-refractivity contribution in [3.8, 4) is 11.1 Å². The van der Waals surface area contributed by atoms with Crippen molar-refractivity contribution in [3.05, 3.63) is 84.4 Å².